The third-order valence-corrected chi connectivity index (χ3v) is 6.13. The third-order valence-electron chi connectivity index (χ3n) is 5.47. The first-order chi connectivity index (χ1) is 14.0. The lowest BCUT2D eigenvalue weighted by molar-refractivity contribution is -0.157. The van der Waals surface area contributed by atoms with Crippen molar-refractivity contribution in [3.8, 4) is 0 Å². The number of hydrogen-bond acceptors (Lipinski definition) is 3. The lowest BCUT2D eigenvalue weighted by Gasteiger charge is -2.40. The fraction of sp³-hybridized carbons (Fsp3) is 0.190. The van der Waals surface area contributed by atoms with E-state index in [0.29, 0.717) is 28.6 Å². The molecule has 1 saturated heterocycles. The number of hydrazone groups is 1. The summed E-state index contributed by atoms with van der Waals surface area (Å²) in [5.74, 6) is -0.346. The van der Waals surface area contributed by atoms with Crippen molar-refractivity contribution in [3.63, 3.8) is 0 Å². The zero-order valence-electron chi connectivity index (χ0n) is 15.2. The van der Waals surface area contributed by atoms with Crippen molar-refractivity contribution in [2.75, 3.05) is 6.54 Å². The molecule has 2 aromatic carbocycles. The molecule has 2 aliphatic heterocycles. The van der Waals surface area contributed by atoms with Crippen LogP contribution in [0.5, 0.6) is 0 Å². The van der Waals surface area contributed by atoms with Crippen molar-refractivity contribution in [1.82, 2.24) is 14.9 Å². The summed E-state index contributed by atoms with van der Waals surface area (Å²) in [6.45, 7) is 0.288. The zero-order valence-corrected chi connectivity index (χ0v) is 16.7. The number of carbonyl (C=O) groups is 2. The zero-order chi connectivity index (χ0) is 20.1. The lowest BCUT2D eigenvalue weighted by Crippen LogP contribution is -2.60. The summed E-state index contributed by atoms with van der Waals surface area (Å²) in [5, 5.41) is 7.40. The Balaban J connectivity index is 1.46. The fourth-order valence-electron chi connectivity index (χ4n) is 4.02. The molecular weight excluding hydrogens is 411 g/mol. The minimum absolute atomic E-state index is 0.108. The maximum Gasteiger partial charge on any atom is 0.266 e. The number of fused-ring (bicyclic) bond motifs is 4. The number of aromatic amines is 1. The normalized spacial score (nSPS) is 19.2. The van der Waals surface area contributed by atoms with Gasteiger partial charge >= 0.3 is 0 Å². The van der Waals surface area contributed by atoms with Crippen LogP contribution in [0, 0.1) is 0 Å². The summed E-state index contributed by atoms with van der Waals surface area (Å²) >= 11 is 12.3. The van der Waals surface area contributed by atoms with Gasteiger partial charge in [0.1, 0.15) is 12.6 Å². The second kappa shape index (κ2) is 6.90. The SMILES string of the molecule is O=C1[C@H]2Cc3c([nH]c4ccccc34)CN2C(=O)CN1N=Cc1c(Cl)cccc1Cl. The Hall–Kier alpha value is -2.83. The molecule has 2 amide bonds. The second-order valence-electron chi connectivity index (χ2n) is 7.15. The molecule has 1 fully saturated rings. The second-order valence-corrected chi connectivity index (χ2v) is 7.96. The number of hydrogen-bond donors (Lipinski definition) is 1. The van der Waals surface area contributed by atoms with Gasteiger partial charge in [0.05, 0.1) is 22.8 Å². The van der Waals surface area contributed by atoms with Crippen LogP contribution >= 0.6 is 23.2 Å². The Bertz CT molecular complexity index is 1170. The standard InChI is InChI=1S/C21H16Cl2N4O2/c22-15-5-3-6-16(23)14(15)9-24-27-11-20(28)26-10-18-13(8-19(26)21(27)29)12-4-1-2-7-17(12)25-18/h1-7,9,19,25H,8,10-11H2/t19-/m1/s1. The minimum Gasteiger partial charge on any atom is -0.357 e. The Labute approximate surface area is 176 Å². The Morgan fingerprint density at radius 3 is 2.59 bits per heavy atom. The van der Waals surface area contributed by atoms with Gasteiger partial charge in [0.2, 0.25) is 5.91 Å². The quantitative estimate of drug-likeness (QED) is 0.635. The molecule has 0 radical (unpaired) electrons. The van der Waals surface area contributed by atoms with Crippen LogP contribution in [0.15, 0.2) is 47.6 Å². The Morgan fingerprint density at radius 2 is 1.79 bits per heavy atom. The molecule has 6 nitrogen and oxygen atoms in total. The summed E-state index contributed by atoms with van der Waals surface area (Å²) in [5.41, 5.74) is 3.60. The van der Waals surface area contributed by atoms with Crippen molar-refractivity contribution in [2.24, 2.45) is 5.10 Å². The minimum atomic E-state index is -0.568. The van der Waals surface area contributed by atoms with E-state index in [1.165, 1.54) is 11.2 Å². The predicted octanol–water partition coefficient (Wildman–Crippen LogP) is 3.60. The average Bonchev–Trinajstić information content (AvgIpc) is 3.07. The van der Waals surface area contributed by atoms with Crippen molar-refractivity contribution in [2.45, 2.75) is 19.0 Å². The van der Waals surface area contributed by atoms with Gasteiger partial charge in [0.15, 0.2) is 0 Å². The van der Waals surface area contributed by atoms with Crippen molar-refractivity contribution in [3.05, 3.63) is 69.3 Å². The van der Waals surface area contributed by atoms with Crippen LogP contribution in [-0.2, 0) is 22.6 Å². The molecule has 3 heterocycles. The van der Waals surface area contributed by atoms with Crippen LogP contribution in [0.4, 0.5) is 0 Å². The molecular formula is C21H16Cl2N4O2. The summed E-state index contributed by atoms with van der Waals surface area (Å²) < 4.78 is 0. The number of carbonyl (C=O) groups excluding carboxylic acids is 2. The number of rotatable bonds is 2. The Kier molecular flexibility index (Phi) is 4.33. The van der Waals surface area contributed by atoms with Crippen LogP contribution in [0.2, 0.25) is 10.0 Å². The summed E-state index contributed by atoms with van der Waals surface area (Å²) in [6, 6.07) is 12.5. The molecule has 0 aliphatic carbocycles. The third kappa shape index (κ3) is 2.99. The number of nitrogens with zero attached hydrogens (tertiary/aromatic N) is 3. The maximum atomic E-state index is 13.1. The molecule has 146 valence electrons. The van der Waals surface area contributed by atoms with E-state index in [1.54, 1.807) is 23.1 Å². The van der Waals surface area contributed by atoms with E-state index in [0.717, 1.165) is 22.2 Å². The first-order valence-corrected chi connectivity index (χ1v) is 9.96. The number of piperazine rings is 1. The van der Waals surface area contributed by atoms with E-state index in [-0.39, 0.29) is 18.4 Å². The molecule has 0 unspecified atom stereocenters. The number of nitrogens with one attached hydrogen (secondary N) is 1. The monoisotopic (exact) mass is 426 g/mol. The Morgan fingerprint density at radius 1 is 1.03 bits per heavy atom. The van der Waals surface area contributed by atoms with Gasteiger partial charge in [-0.3, -0.25) is 9.59 Å². The van der Waals surface area contributed by atoms with E-state index in [4.69, 9.17) is 23.2 Å². The number of para-hydroxylation sites is 1. The fourth-order valence-corrected chi connectivity index (χ4v) is 4.51. The van der Waals surface area contributed by atoms with Crippen molar-refractivity contribution < 1.29 is 9.59 Å². The smallest absolute Gasteiger partial charge is 0.266 e. The van der Waals surface area contributed by atoms with Gasteiger partial charge in [-0.15, -0.1) is 0 Å². The molecule has 8 heteroatoms. The lowest BCUT2D eigenvalue weighted by atomic mass is 9.94. The van der Waals surface area contributed by atoms with Gasteiger partial charge in [0, 0.05) is 28.6 Å². The number of aromatic nitrogens is 1. The van der Waals surface area contributed by atoms with E-state index < -0.39 is 6.04 Å². The number of amides is 2. The molecule has 1 N–H and O–H groups in total. The van der Waals surface area contributed by atoms with E-state index in [9.17, 15) is 9.59 Å². The number of halogens is 2. The molecule has 0 bridgehead atoms. The van der Waals surface area contributed by atoms with Crippen LogP contribution < -0.4 is 0 Å². The molecule has 2 aliphatic rings. The highest BCUT2D eigenvalue weighted by molar-refractivity contribution is 6.38. The van der Waals surface area contributed by atoms with Gasteiger partial charge in [-0.1, -0.05) is 47.5 Å². The summed E-state index contributed by atoms with van der Waals surface area (Å²) in [7, 11) is 0. The van der Waals surface area contributed by atoms with E-state index >= 15 is 0 Å². The average molecular weight is 427 g/mol. The topological polar surface area (TPSA) is 68.8 Å². The van der Waals surface area contributed by atoms with Gasteiger partial charge in [-0.2, -0.15) is 5.10 Å². The van der Waals surface area contributed by atoms with Crippen molar-refractivity contribution >= 4 is 52.1 Å². The van der Waals surface area contributed by atoms with Crippen LogP contribution in [-0.4, -0.2) is 45.5 Å². The van der Waals surface area contributed by atoms with Gasteiger partial charge in [-0.25, -0.2) is 5.01 Å². The highest BCUT2D eigenvalue weighted by Gasteiger charge is 2.43. The predicted molar refractivity (Wildman–Crippen MR) is 112 cm³/mol. The summed E-state index contributed by atoms with van der Waals surface area (Å²) in [6.07, 6.45) is 1.90. The number of H-pyrrole nitrogens is 1. The molecule has 0 spiro atoms. The molecule has 3 aromatic rings. The first-order valence-electron chi connectivity index (χ1n) is 9.20. The van der Waals surface area contributed by atoms with Crippen LogP contribution in [0.25, 0.3) is 10.9 Å². The highest BCUT2D eigenvalue weighted by atomic mass is 35.5. The van der Waals surface area contributed by atoms with Crippen molar-refractivity contribution in [1.29, 1.82) is 0 Å². The molecule has 0 saturated carbocycles. The highest BCUT2D eigenvalue weighted by Crippen LogP contribution is 2.32. The van der Waals surface area contributed by atoms with Gasteiger partial charge in [-0.05, 0) is 23.8 Å². The van der Waals surface area contributed by atoms with E-state index in [2.05, 4.69) is 10.1 Å². The first kappa shape index (κ1) is 18.2. The van der Waals surface area contributed by atoms with E-state index in [1.807, 2.05) is 24.3 Å². The van der Waals surface area contributed by atoms with Gasteiger partial charge < -0.3 is 9.88 Å². The van der Waals surface area contributed by atoms with Crippen LogP contribution in [0.1, 0.15) is 16.8 Å². The summed E-state index contributed by atoms with van der Waals surface area (Å²) in [4.78, 5) is 30.9. The number of benzene rings is 2. The molecule has 29 heavy (non-hydrogen) atoms. The van der Waals surface area contributed by atoms with Gasteiger partial charge in [0.25, 0.3) is 5.91 Å². The molecule has 1 atom stereocenters. The molecule has 5 rings (SSSR count). The maximum absolute atomic E-state index is 13.1. The van der Waals surface area contributed by atoms with Crippen LogP contribution in [0.3, 0.4) is 0 Å². The largest absolute Gasteiger partial charge is 0.357 e. The molecule has 1 aromatic heterocycles.